The maximum absolute atomic E-state index is 10.7. The van der Waals surface area contributed by atoms with Gasteiger partial charge in [0.15, 0.2) is 0 Å². The number of nitrogens with zero attached hydrogens (tertiary/aromatic N) is 2. The summed E-state index contributed by atoms with van der Waals surface area (Å²) in [6.07, 6.45) is 1.07. The summed E-state index contributed by atoms with van der Waals surface area (Å²) in [5.74, 6) is -1.63. The Morgan fingerprint density at radius 1 is 1.53 bits per heavy atom. The maximum atomic E-state index is 10.7. The number of carbonyl (C=O) groups is 2. The predicted octanol–water partition coefficient (Wildman–Crippen LogP) is 0.142. The van der Waals surface area contributed by atoms with E-state index in [1.807, 2.05) is 0 Å². The minimum absolute atomic E-state index is 0.00403. The molecule has 0 unspecified atom stereocenters. The van der Waals surface area contributed by atoms with E-state index in [-0.39, 0.29) is 23.3 Å². The molecule has 2 N–H and O–H groups in total. The highest BCUT2D eigenvalue weighted by Gasteiger charge is 2.14. The van der Waals surface area contributed by atoms with Crippen molar-refractivity contribution in [3.8, 4) is 5.88 Å². The van der Waals surface area contributed by atoms with Gasteiger partial charge in [0.1, 0.15) is 5.56 Å². The van der Waals surface area contributed by atoms with Gasteiger partial charge in [-0.25, -0.2) is 9.78 Å². The Balaban J connectivity index is 3.07. The lowest BCUT2D eigenvalue weighted by molar-refractivity contribution is -0.114. The summed E-state index contributed by atoms with van der Waals surface area (Å²) in [7, 11) is 1.28. The van der Waals surface area contributed by atoms with Crippen molar-refractivity contribution in [3.63, 3.8) is 0 Å². The van der Waals surface area contributed by atoms with Gasteiger partial charge in [-0.05, 0) is 0 Å². The average Bonchev–Trinajstić information content (AvgIpc) is 2.16. The Kier molecular flexibility index (Phi) is 3.17. The van der Waals surface area contributed by atoms with E-state index < -0.39 is 5.97 Å². The van der Waals surface area contributed by atoms with E-state index in [2.05, 4.69) is 15.3 Å². The molecule has 0 aliphatic heterocycles. The first-order valence-electron chi connectivity index (χ1n) is 3.96. The molecule has 0 saturated carbocycles. The zero-order valence-corrected chi connectivity index (χ0v) is 8.14. The number of aromatic carboxylic acids is 1. The number of carboxylic acid groups (broad SMARTS) is 1. The fourth-order valence-corrected chi connectivity index (χ4v) is 0.886. The fraction of sp³-hybridized carbons (Fsp3) is 0.250. The van der Waals surface area contributed by atoms with Crippen molar-refractivity contribution in [1.29, 1.82) is 0 Å². The Morgan fingerprint density at radius 3 is 2.67 bits per heavy atom. The highest BCUT2D eigenvalue weighted by atomic mass is 16.5. The summed E-state index contributed by atoms with van der Waals surface area (Å²) in [5.41, 5.74) is -0.161. The molecule has 0 aliphatic rings. The lowest BCUT2D eigenvalue weighted by Gasteiger charge is -2.05. The van der Waals surface area contributed by atoms with E-state index in [9.17, 15) is 9.59 Å². The number of hydrogen-bond acceptors (Lipinski definition) is 5. The number of methoxy groups -OCH3 is 1. The number of rotatable bonds is 3. The van der Waals surface area contributed by atoms with Crippen molar-refractivity contribution < 1.29 is 19.4 Å². The molecule has 1 amide bonds. The number of ether oxygens (including phenoxy) is 1. The highest BCUT2D eigenvalue weighted by Crippen LogP contribution is 2.15. The number of hydrogen-bond donors (Lipinski definition) is 2. The van der Waals surface area contributed by atoms with E-state index in [0.717, 1.165) is 6.20 Å². The molecule has 7 heteroatoms. The van der Waals surface area contributed by atoms with Crippen LogP contribution in [0.25, 0.3) is 0 Å². The number of carboxylic acids is 1. The van der Waals surface area contributed by atoms with Gasteiger partial charge in [-0.15, -0.1) is 0 Å². The predicted molar refractivity (Wildman–Crippen MR) is 49.8 cm³/mol. The van der Waals surface area contributed by atoms with Crippen molar-refractivity contribution in [2.24, 2.45) is 0 Å². The molecule has 0 radical (unpaired) electrons. The van der Waals surface area contributed by atoms with Gasteiger partial charge in [-0.3, -0.25) is 10.1 Å². The van der Waals surface area contributed by atoms with E-state index in [0.29, 0.717) is 0 Å². The Morgan fingerprint density at radius 2 is 2.20 bits per heavy atom. The standard InChI is InChI=1S/C8H9N3O4/c1-4(12)10-8-9-3-5(7(13)14)6(11-8)15-2/h3H,1-2H3,(H,13,14)(H,9,10,11,12). The summed E-state index contributed by atoms with van der Waals surface area (Å²) >= 11 is 0. The van der Waals surface area contributed by atoms with Crippen molar-refractivity contribution in [2.45, 2.75) is 6.92 Å². The number of carbonyl (C=O) groups excluding carboxylic acids is 1. The van der Waals surface area contributed by atoms with Crippen LogP contribution in [0.15, 0.2) is 6.20 Å². The second kappa shape index (κ2) is 4.36. The van der Waals surface area contributed by atoms with Gasteiger partial charge in [0.25, 0.3) is 0 Å². The van der Waals surface area contributed by atoms with Gasteiger partial charge in [0, 0.05) is 6.92 Å². The summed E-state index contributed by atoms with van der Waals surface area (Å²) < 4.78 is 4.75. The van der Waals surface area contributed by atoms with Crippen molar-refractivity contribution >= 4 is 17.8 Å². The third-order valence-corrected chi connectivity index (χ3v) is 1.47. The Bertz CT molecular complexity index is 405. The SMILES string of the molecule is COc1nc(NC(C)=O)ncc1C(=O)O. The van der Waals surface area contributed by atoms with Crippen LogP contribution in [0.3, 0.4) is 0 Å². The minimum atomic E-state index is -1.19. The number of nitrogens with one attached hydrogen (secondary N) is 1. The Hall–Kier alpha value is -2.18. The molecule has 1 aromatic heterocycles. The lowest BCUT2D eigenvalue weighted by atomic mass is 10.3. The second-order valence-corrected chi connectivity index (χ2v) is 2.60. The van der Waals surface area contributed by atoms with Crippen molar-refractivity contribution in [3.05, 3.63) is 11.8 Å². The normalized spacial score (nSPS) is 9.47. The van der Waals surface area contributed by atoms with Crippen molar-refractivity contribution in [2.75, 3.05) is 12.4 Å². The van der Waals surface area contributed by atoms with Crippen LogP contribution in [0.2, 0.25) is 0 Å². The summed E-state index contributed by atoms with van der Waals surface area (Å²) in [6, 6.07) is 0. The van der Waals surface area contributed by atoms with Crippen LogP contribution in [0.1, 0.15) is 17.3 Å². The van der Waals surface area contributed by atoms with Gasteiger partial charge >= 0.3 is 5.97 Å². The molecule has 0 fully saturated rings. The van der Waals surface area contributed by atoms with Gasteiger partial charge in [0.2, 0.25) is 17.7 Å². The number of anilines is 1. The average molecular weight is 211 g/mol. The molecular weight excluding hydrogens is 202 g/mol. The third-order valence-electron chi connectivity index (χ3n) is 1.47. The summed E-state index contributed by atoms with van der Waals surface area (Å²) in [5, 5.41) is 11.0. The largest absolute Gasteiger partial charge is 0.480 e. The van der Waals surface area contributed by atoms with Gasteiger partial charge in [-0.1, -0.05) is 0 Å². The first kappa shape index (κ1) is 10.9. The molecule has 0 bridgehead atoms. The molecule has 0 spiro atoms. The van der Waals surface area contributed by atoms with Crippen LogP contribution in [-0.4, -0.2) is 34.1 Å². The summed E-state index contributed by atoms with van der Waals surface area (Å²) in [4.78, 5) is 28.7. The van der Waals surface area contributed by atoms with E-state index in [4.69, 9.17) is 9.84 Å². The molecule has 1 aromatic rings. The van der Waals surface area contributed by atoms with Crippen LogP contribution in [0, 0.1) is 0 Å². The highest BCUT2D eigenvalue weighted by molar-refractivity contribution is 5.91. The molecule has 7 nitrogen and oxygen atoms in total. The molecule has 80 valence electrons. The van der Waals surface area contributed by atoms with Crippen LogP contribution in [0.5, 0.6) is 5.88 Å². The Labute approximate surface area is 85.1 Å². The van der Waals surface area contributed by atoms with Crippen LogP contribution in [0.4, 0.5) is 5.95 Å². The molecule has 15 heavy (non-hydrogen) atoms. The van der Waals surface area contributed by atoms with E-state index in [1.54, 1.807) is 0 Å². The number of aromatic nitrogens is 2. The maximum Gasteiger partial charge on any atom is 0.342 e. The molecule has 0 saturated heterocycles. The zero-order valence-electron chi connectivity index (χ0n) is 8.14. The number of amides is 1. The van der Waals surface area contributed by atoms with Crippen LogP contribution in [-0.2, 0) is 4.79 Å². The smallest absolute Gasteiger partial charge is 0.342 e. The molecule has 0 atom stereocenters. The van der Waals surface area contributed by atoms with Crippen molar-refractivity contribution in [1.82, 2.24) is 9.97 Å². The first-order chi connectivity index (χ1) is 7.04. The van der Waals surface area contributed by atoms with Gasteiger partial charge < -0.3 is 9.84 Å². The van der Waals surface area contributed by atoms with Gasteiger partial charge in [0.05, 0.1) is 13.3 Å². The molecule has 1 heterocycles. The topological polar surface area (TPSA) is 101 Å². The van der Waals surface area contributed by atoms with Crippen LogP contribution >= 0.6 is 0 Å². The molecular formula is C8H9N3O4. The lowest BCUT2D eigenvalue weighted by Crippen LogP contribution is -2.11. The summed E-state index contributed by atoms with van der Waals surface area (Å²) in [6.45, 7) is 1.29. The monoisotopic (exact) mass is 211 g/mol. The van der Waals surface area contributed by atoms with E-state index in [1.165, 1.54) is 14.0 Å². The fourth-order valence-electron chi connectivity index (χ4n) is 0.886. The zero-order chi connectivity index (χ0) is 11.4. The third kappa shape index (κ3) is 2.63. The second-order valence-electron chi connectivity index (χ2n) is 2.60. The van der Waals surface area contributed by atoms with Gasteiger partial charge in [-0.2, -0.15) is 4.98 Å². The molecule has 0 aliphatic carbocycles. The van der Waals surface area contributed by atoms with Crippen LogP contribution < -0.4 is 10.1 Å². The molecule has 1 rings (SSSR count). The van der Waals surface area contributed by atoms with E-state index >= 15 is 0 Å². The minimum Gasteiger partial charge on any atom is -0.480 e. The quantitative estimate of drug-likeness (QED) is 0.737. The molecule has 0 aromatic carbocycles. The first-order valence-corrected chi connectivity index (χ1v) is 3.96.